The molecule has 1 aromatic heterocycles. The highest BCUT2D eigenvalue weighted by Crippen LogP contribution is 1.87. The molecule has 0 aromatic carbocycles. The zero-order valence-electron chi connectivity index (χ0n) is 10.2. The van der Waals surface area contributed by atoms with Crippen LogP contribution in [0.4, 0.5) is 4.79 Å². The topological polar surface area (TPSA) is 107 Å². The van der Waals surface area contributed by atoms with Gasteiger partial charge < -0.3 is 15.5 Å². The van der Waals surface area contributed by atoms with Crippen LogP contribution in [0.15, 0.2) is 16.9 Å². The number of carbonyl (C=O) groups excluding carboxylic acids is 2. The van der Waals surface area contributed by atoms with Gasteiger partial charge in [-0.2, -0.15) is 5.10 Å². The minimum atomic E-state index is -0.412. The summed E-state index contributed by atoms with van der Waals surface area (Å²) in [5, 5.41) is 10.9. The maximum Gasteiger partial charge on any atom is 0.316 e. The molecule has 0 saturated carbocycles. The van der Waals surface area contributed by atoms with Gasteiger partial charge in [-0.05, 0) is 6.07 Å². The fourth-order valence-electron chi connectivity index (χ4n) is 1.07. The number of aromatic nitrogens is 2. The zero-order valence-corrected chi connectivity index (χ0v) is 10.2. The van der Waals surface area contributed by atoms with E-state index in [4.69, 9.17) is 0 Å². The van der Waals surface area contributed by atoms with Gasteiger partial charge >= 0.3 is 6.03 Å². The van der Waals surface area contributed by atoms with Gasteiger partial charge in [0.2, 0.25) is 0 Å². The molecule has 0 atom stereocenters. The van der Waals surface area contributed by atoms with Crippen LogP contribution in [0, 0.1) is 0 Å². The third kappa shape index (κ3) is 4.24. The Bertz CT molecular complexity index is 462. The van der Waals surface area contributed by atoms with E-state index in [-0.39, 0.29) is 23.8 Å². The number of H-pyrrole nitrogens is 1. The number of amides is 3. The monoisotopic (exact) mass is 253 g/mol. The Morgan fingerprint density at radius 2 is 1.94 bits per heavy atom. The van der Waals surface area contributed by atoms with Gasteiger partial charge in [-0.25, -0.2) is 9.89 Å². The fourth-order valence-corrected chi connectivity index (χ4v) is 1.07. The molecule has 18 heavy (non-hydrogen) atoms. The molecule has 0 spiro atoms. The summed E-state index contributed by atoms with van der Waals surface area (Å²) in [5.41, 5.74) is -0.252. The highest BCUT2D eigenvalue weighted by Gasteiger charge is 2.06. The predicted octanol–water partition coefficient (Wildman–Crippen LogP) is -1.23. The van der Waals surface area contributed by atoms with Crippen LogP contribution < -0.4 is 16.2 Å². The second-order valence-electron chi connectivity index (χ2n) is 3.69. The third-order valence-corrected chi connectivity index (χ3v) is 2.00. The highest BCUT2D eigenvalue weighted by molar-refractivity contribution is 5.91. The first kappa shape index (κ1) is 13.7. The van der Waals surface area contributed by atoms with E-state index < -0.39 is 5.91 Å². The van der Waals surface area contributed by atoms with Crippen molar-refractivity contribution in [3.8, 4) is 0 Å². The van der Waals surface area contributed by atoms with Gasteiger partial charge in [0.05, 0.1) is 0 Å². The normalized spacial score (nSPS) is 9.67. The van der Waals surface area contributed by atoms with Gasteiger partial charge in [0, 0.05) is 33.3 Å². The third-order valence-electron chi connectivity index (χ3n) is 2.00. The summed E-state index contributed by atoms with van der Waals surface area (Å²) in [6, 6.07) is 2.31. The van der Waals surface area contributed by atoms with E-state index in [0.29, 0.717) is 6.54 Å². The van der Waals surface area contributed by atoms with Crippen molar-refractivity contribution < 1.29 is 9.59 Å². The maximum absolute atomic E-state index is 11.5. The van der Waals surface area contributed by atoms with E-state index in [0.717, 1.165) is 0 Å². The first-order valence-electron chi connectivity index (χ1n) is 5.30. The Kier molecular flexibility index (Phi) is 4.85. The van der Waals surface area contributed by atoms with Gasteiger partial charge in [-0.15, -0.1) is 0 Å². The molecular formula is C10H15N5O3. The Labute approximate surface area is 103 Å². The van der Waals surface area contributed by atoms with Gasteiger partial charge in [0.25, 0.3) is 11.5 Å². The van der Waals surface area contributed by atoms with Crippen molar-refractivity contribution in [3.05, 3.63) is 28.2 Å². The van der Waals surface area contributed by atoms with Crippen LogP contribution in [0.1, 0.15) is 10.5 Å². The molecule has 98 valence electrons. The van der Waals surface area contributed by atoms with Crippen LogP contribution in [-0.2, 0) is 0 Å². The van der Waals surface area contributed by atoms with Gasteiger partial charge in [-0.3, -0.25) is 9.59 Å². The molecule has 3 N–H and O–H groups in total. The molecule has 0 aliphatic heterocycles. The summed E-state index contributed by atoms with van der Waals surface area (Å²) in [6.45, 7) is 0.589. The second kappa shape index (κ2) is 6.38. The molecule has 0 aliphatic rings. The van der Waals surface area contributed by atoms with Gasteiger partial charge in [-0.1, -0.05) is 0 Å². The maximum atomic E-state index is 11.5. The number of hydrogen-bond donors (Lipinski definition) is 3. The average molecular weight is 253 g/mol. The van der Waals surface area contributed by atoms with E-state index >= 15 is 0 Å². The summed E-state index contributed by atoms with van der Waals surface area (Å²) < 4.78 is 0. The molecule has 1 aromatic rings. The fraction of sp³-hybridized carbons (Fsp3) is 0.400. The van der Waals surface area contributed by atoms with E-state index in [1.165, 1.54) is 17.0 Å². The van der Waals surface area contributed by atoms with Crippen molar-refractivity contribution in [2.24, 2.45) is 0 Å². The number of hydrogen-bond acceptors (Lipinski definition) is 4. The number of rotatable bonds is 4. The van der Waals surface area contributed by atoms with E-state index in [2.05, 4.69) is 20.8 Å². The summed E-state index contributed by atoms with van der Waals surface area (Å²) in [6.07, 6.45) is 0. The van der Waals surface area contributed by atoms with Crippen LogP contribution in [0.3, 0.4) is 0 Å². The van der Waals surface area contributed by atoms with Crippen LogP contribution in [-0.4, -0.2) is 54.2 Å². The van der Waals surface area contributed by atoms with E-state index in [9.17, 15) is 14.4 Å². The SMILES string of the molecule is CN(C)C(=O)NCCNC(=O)c1ccc(=O)[nH]n1. The Balaban J connectivity index is 2.32. The molecule has 0 saturated heterocycles. The summed E-state index contributed by atoms with van der Waals surface area (Å²) in [5.74, 6) is -0.412. The Hall–Kier alpha value is -2.38. The molecule has 1 heterocycles. The number of nitrogens with zero attached hydrogens (tertiary/aromatic N) is 2. The Morgan fingerprint density at radius 3 is 2.50 bits per heavy atom. The number of carbonyl (C=O) groups is 2. The molecule has 1 rings (SSSR count). The van der Waals surface area contributed by atoms with Crippen molar-refractivity contribution in [3.63, 3.8) is 0 Å². The minimum absolute atomic E-state index is 0.119. The minimum Gasteiger partial charge on any atom is -0.349 e. The molecule has 0 aliphatic carbocycles. The molecule has 8 nitrogen and oxygen atoms in total. The number of urea groups is 1. The van der Waals surface area contributed by atoms with E-state index in [1.807, 2.05) is 0 Å². The average Bonchev–Trinajstić information content (AvgIpc) is 2.34. The lowest BCUT2D eigenvalue weighted by Crippen LogP contribution is -2.39. The lowest BCUT2D eigenvalue weighted by molar-refractivity contribution is 0.0947. The second-order valence-corrected chi connectivity index (χ2v) is 3.69. The molecular weight excluding hydrogens is 238 g/mol. The quantitative estimate of drug-likeness (QED) is 0.584. The lowest BCUT2D eigenvalue weighted by atomic mass is 10.3. The summed E-state index contributed by atoms with van der Waals surface area (Å²) in [4.78, 5) is 34.8. The summed E-state index contributed by atoms with van der Waals surface area (Å²) >= 11 is 0. The van der Waals surface area contributed by atoms with Crippen molar-refractivity contribution in [1.82, 2.24) is 25.7 Å². The first-order chi connectivity index (χ1) is 8.50. The zero-order chi connectivity index (χ0) is 13.5. The molecule has 0 fully saturated rings. The largest absolute Gasteiger partial charge is 0.349 e. The van der Waals surface area contributed by atoms with Crippen LogP contribution >= 0.6 is 0 Å². The van der Waals surface area contributed by atoms with Crippen LogP contribution in [0.5, 0.6) is 0 Å². The molecule has 0 unspecified atom stereocenters. The predicted molar refractivity (Wildman–Crippen MR) is 64.3 cm³/mol. The molecule has 8 heteroatoms. The van der Waals surface area contributed by atoms with Gasteiger partial charge in [0.15, 0.2) is 0 Å². The summed E-state index contributed by atoms with van der Waals surface area (Å²) in [7, 11) is 3.25. The van der Waals surface area contributed by atoms with Crippen LogP contribution in [0.25, 0.3) is 0 Å². The lowest BCUT2D eigenvalue weighted by Gasteiger charge is -2.11. The smallest absolute Gasteiger partial charge is 0.316 e. The Morgan fingerprint density at radius 1 is 1.28 bits per heavy atom. The van der Waals surface area contributed by atoms with Crippen LogP contribution in [0.2, 0.25) is 0 Å². The van der Waals surface area contributed by atoms with Crippen molar-refractivity contribution in [2.75, 3.05) is 27.2 Å². The standard InChI is InChI=1S/C10H15N5O3/c1-15(2)10(18)12-6-5-11-9(17)7-3-4-8(16)14-13-7/h3-4H,5-6H2,1-2H3,(H,11,17)(H,12,18)(H,14,16). The molecule has 3 amide bonds. The molecule has 0 radical (unpaired) electrons. The first-order valence-corrected chi connectivity index (χ1v) is 5.30. The van der Waals surface area contributed by atoms with Crippen molar-refractivity contribution in [1.29, 1.82) is 0 Å². The highest BCUT2D eigenvalue weighted by atomic mass is 16.2. The molecule has 0 bridgehead atoms. The number of aromatic amines is 1. The van der Waals surface area contributed by atoms with Gasteiger partial charge in [0.1, 0.15) is 5.69 Å². The van der Waals surface area contributed by atoms with E-state index in [1.54, 1.807) is 14.1 Å². The van der Waals surface area contributed by atoms with Crippen molar-refractivity contribution in [2.45, 2.75) is 0 Å². The number of nitrogens with one attached hydrogen (secondary N) is 3. The van der Waals surface area contributed by atoms with Crippen molar-refractivity contribution >= 4 is 11.9 Å².